The third kappa shape index (κ3) is 5.18. The number of hydrogen-bond acceptors (Lipinski definition) is 1. The Balaban J connectivity index is 2.77. The van der Waals surface area contributed by atoms with Crippen molar-refractivity contribution in [2.75, 3.05) is 11.9 Å². The fourth-order valence-corrected chi connectivity index (χ4v) is 2.59. The molecule has 0 aromatic heterocycles. The maximum absolute atomic E-state index is 6.12. The molecule has 1 nitrogen and oxygen atoms in total. The summed E-state index contributed by atoms with van der Waals surface area (Å²) in [6.45, 7) is 9.76. The summed E-state index contributed by atoms with van der Waals surface area (Å²) < 4.78 is 6.12. The van der Waals surface area contributed by atoms with Gasteiger partial charge in [0.1, 0.15) is 5.75 Å². The molecule has 0 fully saturated rings. The second kappa shape index (κ2) is 8.63. The molecule has 0 saturated heterocycles. The number of rotatable bonds is 8. The van der Waals surface area contributed by atoms with E-state index >= 15 is 0 Å². The molecule has 0 aliphatic carbocycles. The van der Waals surface area contributed by atoms with Crippen molar-refractivity contribution in [1.82, 2.24) is 0 Å². The van der Waals surface area contributed by atoms with Crippen LogP contribution in [0.4, 0.5) is 0 Å². The summed E-state index contributed by atoms with van der Waals surface area (Å²) >= 11 is 3.47. The van der Waals surface area contributed by atoms with Gasteiger partial charge in [0.15, 0.2) is 0 Å². The summed E-state index contributed by atoms with van der Waals surface area (Å²) in [5.41, 5.74) is 2.68. The lowest BCUT2D eigenvalue weighted by molar-refractivity contribution is 0.298. The van der Waals surface area contributed by atoms with E-state index in [9.17, 15) is 0 Å². The van der Waals surface area contributed by atoms with Crippen molar-refractivity contribution < 1.29 is 4.74 Å². The van der Waals surface area contributed by atoms with E-state index < -0.39 is 0 Å². The molecule has 1 aromatic carbocycles. The minimum atomic E-state index is 0.510. The Morgan fingerprint density at radius 1 is 0.947 bits per heavy atom. The lowest BCUT2D eigenvalue weighted by atomic mass is 9.94. The average molecular weight is 327 g/mol. The average Bonchev–Trinajstić information content (AvgIpc) is 2.38. The van der Waals surface area contributed by atoms with Crippen LogP contribution in [-0.2, 0) is 0 Å². The first-order chi connectivity index (χ1) is 9.07. The molecule has 0 amide bonds. The highest BCUT2D eigenvalue weighted by molar-refractivity contribution is 9.09. The summed E-state index contributed by atoms with van der Waals surface area (Å²) in [6, 6.07) is 6.55. The molecule has 0 aliphatic heterocycles. The van der Waals surface area contributed by atoms with E-state index in [1.165, 1.54) is 24.0 Å². The molecule has 1 rings (SSSR count). The monoisotopic (exact) mass is 326 g/mol. The summed E-state index contributed by atoms with van der Waals surface area (Å²) in [4.78, 5) is 0. The second-order valence-electron chi connectivity index (χ2n) is 5.67. The molecule has 0 saturated carbocycles. The van der Waals surface area contributed by atoms with E-state index in [0.717, 1.165) is 24.1 Å². The quantitative estimate of drug-likeness (QED) is 0.428. The van der Waals surface area contributed by atoms with Gasteiger partial charge in [-0.25, -0.2) is 0 Å². The zero-order valence-electron chi connectivity index (χ0n) is 12.7. The number of ether oxygens (including phenoxy) is 1. The van der Waals surface area contributed by atoms with Gasteiger partial charge in [-0.15, -0.1) is 0 Å². The molecule has 0 N–H and O–H groups in total. The van der Waals surface area contributed by atoms with Crippen molar-refractivity contribution in [2.45, 2.75) is 58.8 Å². The van der Waals surface area contributed by atoms with Crippen LogP contribution < -0.4 is 4.74 Å². The molecular formula is C17H27BrO. The van der Waals surface area contributed by atoms with Gasteiger partial charge in [0.2, 0.25) is 0 Å². The van der Waals surface area contributed by atoms with Gasteiger partial charge in [0.25, 0.3) is 0 Å². The van der Waals surface area contributed by atoms with Crippen molar-refractivity contribution >= 4 is 15.9 Å². The number of para-hydroxylation sites is 1. The number of alkyl halides is 1. The molecule has 1 aromatic rings. The number of unbranched alkanes of at least 4 members (excludes halogenated alkanes) is 2. The minimum Gasteiger partial charge on any atom is -0.493 e. The molecule has 19 heavy (non-hydrogen) atoms. The van der Waals surface area contributed by atoms with Gasteiger partial charge in [-0.05, 0) is 42.2 Å². The van der Waals surface area contributed by atoms with Crippen molar-refractivity contribution in [3.05, 3.63) is 29.3 Å². The topological polar surface area (TPSA) is 9.23 Å². The lowest BCUT2D eigenvalue weighted by Gasteiger charge is -2.20. The zero-order chi connectivity index (χ0) is 14.3. The number of halogens is 1. The maximum atomic E-state index is 6.12. The first kappa shape index (κ1) is 16.6. The van der Waals surface area contributed by atoms with Crippen LogP contribution in [0.3, 0.4) is 0 Å². The highest BCUT2D eigenvalue weighted by Crippen LogP contribution is 2.34. The molecule has 0 heterocycles. The van der Waals surface area contributed by atoms with E-state index in [4.69, 9.17) is 4.74 Å². The molecule has 0 bridgehead atoms. The molecule has 0 spiro atoms. The third-order valence-electron chi connectivity index (χ3n) is 3.34. The minimum absolute atomic E-state index is 0.510. The lowest BCUT2D eigenvalue weighted by Crippen LogP contribution is -2.05. The van der Waals surface area contributed by atoms with Gasteiger partial charge in [-0.3, -0.25) is 0 Å². The Morgan fingerprint density at radius 2 is 1.53 bits per heavy atom. The molecule has 0 atom stereocenters. The van der Waals surface area contributed by atoms with Crippen LogP contribution in [-0.4, -0.2) is 11.9 Å². The van der Waals surface area contributed by atoms with Gasteiger partial charge in [-0.1, -0.05) is 61.8 Å². The first-order valence-electron chi connectivity index (χ1n) is 7.39. The maximum Gasteiger partial charge on any atom is 0.126 e. The Morgan fingerprint density at radius 3 is 2.00 bits per heavy atom. The van der Waals surface area contributed by atoms with Crippen molar-refractivity contribution in [3.63, 3.8) is 0 Å². The predicted molar refractivity (Wildman–Crippen MR) is 87.8 cm³/mol. The highest BCUT2D eigenvalue weighted by atomic mass is 79.9. The molecule has 0 unspecified atom stereocenters. The van der Waals surface area contributed by atoms with Crippen molar-refractivity contribution in [3.8, 4) is 5.75 Å². The standard InChI is InChI=1S/C17H27BrO/c1-13(2)15-9-8-10-16(14(3)4)17(15)19-12-7-5-6-11-18/h8-10,13-14H,5-7,11-12H2,1-4H3. The van der Waals surface area contributed by atoms with Crippen LogP contribution in [0, 0.1) is 0 Å². The highest BCUT2D eigenvalue weighted by Gasteiger charge is 2.14. The molecular weight excluding hydrogens is 300 g/mol. The molecule has 2 heteroatoms. The Bertz CT molecular complexity index is 345. The van der Waals surface area contributed by atoms with E-state index in [1.807, 2.05) is 0 Å². The Labute approximate surface area is 126 Å². The summed E-state index contributed by atoms with van der Waals surface area (Å²) in [5, 5.41) is 1.09. The van der Waals surface area contributed by atoms with Crippen LogP contribution in [0.2, 0.25) is 0 Å². The fraction of sp³-hybridized carbons (Fsp3) is 0.647. The third-order valence-corrected chi connectivity index (χ3v) is 3.91. The SMILES string of the molecule is CC(C)c1cccc(C(C)C)c1OCCCCCBr. The van der Waals surface area contributed by atoms with E-state index in [1.54, 1.807) is 0 Å². The molecule has 0 aliphatic rings. The fourth-order valence-electron chi connectivity index (χ4n) is 2.20. The van der Waals surface area contributed by atoms with Gasteiger partial charge in [-0.2, -0.15) is 0 Å². The Kier molecular flexibility index (Phi) is 7.52. The van der Waals surface area contributed by atoms with Crippen LogP contribution in [0.1, 0.15) is 69.9 Å². The molecule has 0 radical (unpaired) electrons. The van der Waals surface area contributed by atoms with Crippen LogP contribution in [0.25, 0.3) is 0 Å². The first-order valence-corrected chi connectivity index (χ1v) is 8.51. The van der Waals surface area contributed by atoms with Crippen LogP contribution in [0.15, 0.2) is 18.2 Å². The van der Waals surface area contributed by atoms with E-state index in [-0.39, 0.29) is 0 Å². The van der Waals surface area contributed by atoms with Crippen molar-refractivity contribution in [1.29, 1.82) is 0 Å². The second-order valence-corrected chi connectivity index (χ2v) is 6.47. The van der Waals surface area contributed by atoms with E-state index in [2.05, 4.69) is 61.8 Å². The predicted octanol–water partition coefficient (Wildman–Crippen LogP) is 5.88. The van der Waals surface area contributed by atoms with Crippen LogP contribution in [0.5, 0.6) is 5.75 Å². The van der Waals surface area contributed by atoms with Crippen molar-refractivity contribution in [2.24, 2.45) is 0 Å². The normalized spacial score (nSPS) is 11.3. The van der Waals surface area contributed by atoms with E-state index in [0.29, 0.717) is 11.8 Å². The number of hydrogen-bond donors (Lipinski definition) is 0. The van der Waals surface area contributed by atoms with Crippen LogP contribution >= 0.6 is 15.9 Å². The summed E-state index contributed by atoms with van der Waals surface area (Å²) in [6.07, 6.45) is 3.59. The smallest absolute Gasteiger partial charge is 0.126 e. The zero-order valence-corrected chi connectivity index (χ0v) is 14.3. The van der Waals surface area contributed by atoms with Gasteiger partial charge >= 0.3 is 0 Å². The van der Waals surface area contributed by atoms with Gasteiger partial charge < -0.3 is 4.74 Å². The van der Waals surface area contributed by atoms with Gasteiger partial charge in [0.05, 0.1) is 6.61 Å². The molecule has 108 valence electrons. The Hall–Kier alpha value is -0.500. The van der Waals surface area contributed by atoms with Gasteiger partial charge in [0, 0.05) is 5.33 Å². The summed E-state index contributed by atoms with van der Waals surface area (Å²) in [5.74, 6) is 2.15. The number of benzene rings is 1. The summed E-state index contributed by atoms with van der Waals surface area (Å²) in [7, 11) is 0. The largest absolute Gasteiger partial charge is 0.493 e.